The Morgan fingerprint density at radius 1 is 1.12 bits per heavy atom. The zero-order valence-electron chi connectivity index (χ0n) is 18.1. The van der Waals surface area contributed by atoms with E-state index in [1.807, 2.05) is 0 Å². The first-order valence-electron chi connectivity index (χ1n) is 11.3. The molecule has 1 aliphatic carbocycles. The van der Waals surface area contributed by atoms with Crippen LogP contribution in [-0.4, -0.2) is 68.8 Å². The molecule has 4 rings (SSSR count). The van der Waals surface area contributed by atoms with E-state index in [9.17, 15) is 14.0 Å². The van der Waals surface area contributed by atoms with Gasteiger partial charge in [0.25, 0.3) is 0 Å². The molecule has 1 saturated carbocycles. The van der Waals surface area contributed by atoms with Crippen molar-refractivity contribution in [3.05, 3.63) is 30.1 Å². The summed E-state index contributed by atoms with van der Waals surface area (Å²) in [6, 6.07) is 5.93. The summed E-state index contributed by atoms with van der Waals surface area (Å²) in [7, 11) is 0. The molecular formula is C22H29FN6O3. The number of rotatable bonds is 8. The molecule has 0 radical (unpaired) electrons. The minimum absolute atomic E-state index is 0.0246. The summed E-state index contributed by atoms with van der Waals surface area (Å²) < 4.78 is 20.3. The minimum atomic E-state index is -0.365. The van der Waals surface area contributed by atoms with Crippen LogP contribution in [-0.2, 0) is 20.9 Å². The predicted octanol–water partition coefficient (Wildman–Crippen LogP) is 1.94. The van der Waals surface area contributed by atoms with E-state index in [-0.39, 0.29) is 42.9 Å². The number of halogens is 1. The maximum Gasteiger partial charge on any atom is 0.245 e. The summed E-state index contributed by atoms with van der Waals surface area (Å²) in [6.45, 7) is 0.875. The summed E-state index contributed by atoms with van der Waals surface area (Å²) >= 11 is 0. The molecule has 0 bridgehead atoms. The van der Waals surface area contributed by atoms with Crippen LogP contribution in [0.15, 0.2) is 24.3 Å². The molecule has 1 N–H and O–H groups in total. The topological polar surface area (TPSA) is 102 Å². The molecule has 1 aromatic heterocycles. The van der Waals surface area contributed by atoms with E-state index in [0.29, 0.717) is 24.5 Å². The van der Waals surface area contributed by atoms with E-state index >= 15 is 0 Å². The zero-order chi connectivity index (χ0) is 22.3. The minimum Gasteiger partial charge on any atom is -0.376 e. The van der Waals surface area contributed by atoms with Crippen molar-refractivity contribution in [2.75, 3.05) is 19.7 Å². The maximum absolute atomic E-state index is 13.3. The van der Waals surface area contributed by atoms with Crippen molar-refractivity contribution in [3.8, 4) is 11.4 Å². The van der Waals surface area contributed by atoms with Crippen molar-refractivity contribution >= 4 is 11.8 Å². The number of hydrogen-bond donors (Lipinski definition) is 1. The van der Waals surface area contributed by atoms with Crippen LogP contribution in [0, 0.1) is 5.82 Å². The molecule has 1 aromatic carbocycles. The van der Waals surface area contributed by atoms with Gasteiger partial charge in [-0.25, -0.2) is 9.07 Å². The lowest BCUT2D eigenvalue weighted by molar-refractivity contribution is -0.138. The lowest BCUT2D eigenvalue weighted by Crippen LogP contribution is -2.47. The number of aromatic nitrogens is 4. The summed E-state index contributed by atoms with van der Waals surface area (Å²) in [5.41, 5.74) is 0.602. The first-order chi connectivity index (χ1) is 15.6. The standard InChI is InChI=1S/C22H29FN6O3/c23-17-10-8-16(9-11-17)22-25-26-27-29(22)15-21(31)28(13-19-7-4-12-32-19)14-20(30)24-18-5-2-1-3-6-18/h8-11,18-19H,1-7,12-15H2,(H,24,30)/t19-/m0/s1. The van der Waals surface area contributed by atoms with Crippen molar-refractivity contribution in [1.82, 2.24) is 30.4 Å². The predicted molar refractivity (Wildman–Crippen MR) is 114 cm³/mol. The lowest BCUT2D eigenvalue weighted by atomic mass is 9.95. The number of nitrogens with one attached hydrogen (secondary N) is 1. The van der Waals surface area contributed by atoms with Gasteiger partial charge in [0.2, 0.25) is 11.8 Å². The Balaban J connectivity index is 1.43. The van der Waals surface area contributed by atoms with E-state index < -0.39 is 0 Å². The van der Waals surface area contributed by atoms with Gasteiger partial charge in [-0.05, 0) is 60.4 Å². The van der Waals surface area contributed by atoms with Crippen molar-refractivity contribution in [3.63, 3.8) is 0 Å². The highest BCUT2D eigenvalue weighted by Gasteiger charge is 2.26. The fourth-order valence-electron chi connectivity index (χ4n) is 4.33. The van der Waals surface area contributed by atoms with Gasteiger partial charge < -0.3 is 15.0 Å². The van der Waals surface area contributed by atoms with Crippen LogP contribution < -0.4 is 5.32 Å². The highest BCUT2D eigenvalue weighted by Crippen LogP contribution is 2.19. The smallest absolute Gasteiger partial charge is 0.245 e. The first-order valence-corrected chi connectivity index (χ1v) is 11.3. The molecule has 32 heavy (non-hydrogen) atoms. The molecular weight excluding hydrogens is 415 g/mol. The van der Waals surface area contributed by atoms with Crippen LogP contribution in [0.2, 0.25) is 0 Å². The Hall–Kier alpha value is -2.88. The highest BCUT2D eigenvalue weighted by atomic mass is 19.1. The Kier molecular flexibility index (Phi) is 7.41. The van der Waals surface area contributed by atoms with E-state index in [1.165, 1.54) is 28.1 Å². The Bertz CT molecular complexity index is 907. The van der Waals surface area contributed by atoms with Gasteiger partial charge in [0.1, 0.15) is 12.4 Å². The van der Waals surface area contributed by atoms with Gasteiger partial charge in [0, 0.05) is 24.8 Å². The molecule has 2 aliphatic rings. The Morgan fingerprint density at radius 2 is 1.91 bits per heavy atom. The number of amides is 2. The number of benzene rings is 1. The van der Waals surface area contributed by atoms with E-state index in [2.05, 4.69) is 20.8 Å². The fraction of sp³-hybridized carbons (Fsp3) is 0.591. The van der Waals surface area contributed by atoms with Gasteiger partial charge in [-0.1, -0.05) is 19.3 Å². The number of nitrogens with zero attached hydrogens (tertiary/aromatic N) is 5. The Labute approximate surface area is 186 Å². The summed E-state index contributed by atoms with van der Waals surface area (Å²) in [6.07, 6.45) is 7.14. The van der Waals surface area contributed by atoms with Crippen molar-refractivity contribution in [1.29, 1.82) is 0 Å². The molecule has 10 heteroatoms. The third-order valence-corrected chi connectivity index (χ3v) is 6.02. The average Bonchev–Trinajstić information content (AvgIpc) is 3.47. The quantitative estimate of drug-likeness (QED) is 0.668. The van der Waals surface area contributed by atoms with Crippen LogP contribution >= 0.6 is 0 Å². The van der Waals surface area contributed by atoms with Crippen LogP contribution in [0.1, 0.15) is 44.9 Å². The lowest BCUT2D eigenvalue weighted by Gasteiger charge is -2.27. The molecule has 1 saturated heterocycles. The molecule has 2 amide bonds. The van der Waals surface area contributed by atoms with Crippen LogP contribution in [0.3, 0.4) is 0 Å². The van der Waals surface area contributed by atoms with Gasteiger partial charge in [-0.3, -0.25) is 9.59 Å². The number of ether oxygens (including phenoxy) is 1. The number of carbonyl (C=O) groups excluding carboxylic acids is 2. The number of hydrogen-bond acceptors (Lipinski definition) is 6. The second kappa shape index (κ2) is 10.6. The fourth-order valence-corrected chi connectivity index (χ4v) is 4.33. The highest BCUT2D eigenvalue weighted by molar-refractivity contribution is 5.85. The van der Waals surface area contributed by atoms with Crippen molar-refractivity contribution in [2.45, 2.75) is 63.6 Å². The molecule has 1 aliphatic heterocycles. The van der Waals surface area contributed by atoms with Crippen molar-refractivity contribution < 1.29 is 18.7 Å². The third-order valence-electron chi connectivity index (χ3n) is 6.02. The Morgan fingerprint density at radius 3 is 2.62 bits per heavy atom. The summed E-state index contributed by atoms with van der Waals surface area (Å²) in [5.74, 6) is -0.425. The van der Waals surface area contributed by atoms with E-state index in [0.717, 1.165) is 38.5 Å². The second-order valence-electron chi connectivity index (χ2n) is 8.48. The number of carbonyl (C=O) groups is 2. The van der Waals surface area contributed by atoms with Gasteiger partial charge in [-0.2, -0.15) is 0 Å². The monoisotopic (exact) mass is 444 g/mol. The molecule has 172 valence electrons. The largest absolute Gasteiger partial charge is 0.376 e. The van der Waals surface area contributed by atoms with Crippen LogP contribution in [0.25, 0.3) is 11.4 Å². The van der Waals surface area contributed by atoms with Gasteiger partial charge >= 0.3 is 0 Å². The maximum atomic E-state index is 13.3. The molecule has 2 aromatic rings. The zero-order valence-corrected chi connectivity index (χ0v) is 18.1. The molecule has 0 spiro atoms. The average molecular weight is 445 g/mol. The van der Waals surface area contributed by atoms with E-state index in [1.54, 1.807) is 12.1 Å². The third kappa shape index (κ3) is 5.87. The summed E-state index contributed by atoms with van der Waals surface area (Å²) in [5, 5.41) is 14.6. The van der Waals surface area contributed by atoms with Crippen molar-refractivity contribution in [2.24, 2.45) is 0 Å². The van der Waals surface area contributed by atoms with Gasteiger partial charge in [-0.15, -0.1) is 5.10 Å². The number of tetrazole rings is 1. The van der Waals surface area contributed by atoms with Gasteiger partial charge in [0.15, 0.2) is 5.82 Å². The van der Waals surface area contributed by atoms with Crippen LogP contribution in [0.5, 0.6) is 0 Å². The second-order valence-corrected chi connectivity index (χ2v) is 8.48. The molecule has 9 nitrogen and oxygen atoms in total. The van der Waals surface area contributed by atoms with Gasteiger partial charge in [0.05, 0.1) is 12.6 Å². The molecule has 2 fully saturated rings. The normalized spacial score (nSPS) is 19.1. The molecule has 1 atom stereocenters. The molecule has 0 unspecified atom stereocenters. The summed E-state index contributed by atoms with van der Waals surface area (Å²) in [4.78, 5) is 27.4. The van der Waals surface area contributed by atoms with E-state index in [4.69, 9.17) is 4.74 Å². The SMILES string of the molecule is O=C(CN(C[C@@H]1CCCO1)C(=O)Cn1nnnc1-c1ccc(F)cc1)NC1CCCCC1. The van der Waals surface area contributed by atoms with Crippen LogP contribution in [0.4, 0.5) is 4.39 Å². The first kappa shape index (κ1) is 22.3. The molecule has 2 heterocycles.